The Morgan fingerprint density at radius 3 is 2.47 bits per heavy atom. The lowest BCUT2D eigenvalue weighted by Crippen LogP contribution is -2.18. The summed E-state index contributed by atoms with van der Waals surface area (Å²) in [5.41, 5.74) is 3.77. The van der Waals surface area contributed by atoms with E-state index in [1.54, 1.807) is 7.11 Å². The molecule has 2 rings (SSSR count). The van der Waals surface area contributed by atoms with Crippen LogP contribution in [0.5, 0.6) is 5.75 Å². The predicted octanol–water partition coefficient (Wildman–Crippen LogP) is 3.85. The Bertz CT molecular complexity index is 522. The molecule has 19 heavy (non-hydrogen) atoms. The van der Waals surface area contributed by atoms with Crippen molar-refractivity contribution in [3.05, 3.63) is 65.2 Å². The quantitative estimate of drug-likeness (QED) is 0.876. The second-order valence-electron chi connectivity index (χ2n) is 4.82. The minimum atomic E-state index is 0.351. The number of methoxy groups -OCH3 is 1. The first-order valence-electron chi connectivity index (χ1n) is 6.62. The van der Waals surface area contributed by atoms with E-state index in [1.165, 1.54) is 16.7 Å². The third-order valence-electron chi connectivity index (χ3n) is 3.37. The topological polar surface area (TPSA) is 21.3 Å². The van der Waals surface area contributed by atoms with Crippen LogP contribution in [0.3, 0.4) is 0 Å². The SMILES string of the molecule is COc1ccc(CN[C@@H](C)c2ccccc2)cc1C. The molecule has 2 heteroatoms. The summed E-state index contributed by atoms with van der Waals surface area (Å²) in [6, 6.07) is 17.1. The number of hydrogen-bond acceptors (Lipinski definition) is 2. The Balaban J connectivity index is 1.97. The predicted molar refractivity (Wildman–Crippen MR) is 79.4 cm³/mol. The number of nitrogens with one attached hydrogen (secondary N) is 1. The molecule has 0 heterocycles. The molecule has 2 aromatic rings. The summed E-state index contributed by atoms with van der Waals surface area (Å²) in [4.78, 5) is 0. The van der Waals surface area contributed by atoms with Crippen molar-refractivity contribution in [2.45, 2.75) is 26.4 Å². The molecule has 2 nitrogen and oxygen atoms in total. The van der Waals surface area contributed by atoms with Gasteiger partial charge in [-0.2, -0.15) is 0 Å². The molecule has 0 unspecified atom stereocenters. The smallest absolute Gasteiger partial charge is 0.121 e. The lowest BCUT2D eigenvalue weighted by molar-refractivity contribution is 0.411. The van der Waals surface area contributed by atoms with E-state index in [2.05, 4.69) is 55.6 Å². The molecule has 0 spiro atoms. The molecule has 1 N–H and O–H groups in total. The van der Waals surface area contributed by atoms with Gasteiger partial charge in [-0.25, -0.2) is 0 Å². The molecule has 0 saturated carbocycles. The zero-order chi connectivity index (χ0) is 13.7. The van der Waals surface area contributed by atoms with Crippen molar-refractivity contribution in [1.29, 1.82) is 0 Å². The van der Waals surface area contributed by atoms with E-state index in [1.807, 2.05) is 12.1 Å². The van der Waals surface area contributed by atoms with Crippen molar-refractivity contribution in [3.8, 4) is 5.75 Å². The zero-order valence-electron chi connectivity index (χ0n) is 11.8. The Hall–Kier alpha value is -1.80. The number of ether oxygens (including phenoxy) is 1. The van der Waals surface area contributed by atoms with E-state index < -0.39 is 0 Å². The average Bonchev–Trinajstić information content (AvgIpc) is 2.46. The fraction of sp³-hybridized carbons (Fsp3) is 0.294. The van der Waals surface area contributed by atoms with E-state index in [0.717, 1.165) is 12.3 Å². The molecule has 1 atom stereocenters. The molecule has 0 amide bonds. The van der Waals surface area contributed by atoms with Crippen LogP contribution in [0.15, 0.2) is 48.5 Å². The van der Waals surface area contributed by atoms with Crippen LogP contribution in [0.25, 0.3) is 0 Å². The second kappa shape index (κ2) is 6.39. The Morgan fingerprint density at radius 2 is 1.84 bits per heavy atom. The van der Waals surface area contributed by atoms with Crippen molar-refractivity contribution < 1.29 is 4.74 Å². The normalized spacial score (nSPS) is 12.2. The van der Waals surface area contributed by atoms with Gasteiger partial charge in [0.1, 0.15) is 5.75 Å². The third kappa shape index (κ3) is 3.58. The van der Waals surface area contributed by atoms with Gasteiger partial charge >= 0.3 is 0 Å². The van der Waals surface area contributed by atoms with Gasteiger partial charge in [-0.1, -0.05) is 42.5 Å². The fourth-order valence-corrected chi connectivity index (χ4v) is 2.18. The van der Waals surface area contributed by atoms with Gasteiger partial charge in [0.05, 0.1) is 7.11 Å². The van der Waals surface area contributed by atoms with Crippen LogP contribution >= 0.6 is 0 Å². The highest BCUT2D eigenvalue weighted by atomic mass is 16.5. The molecule has 0 aliphatic heterocycles. The summed E-state index contributed by atoms with van der Waals surface area (Å²) in [7, 11) is 1.71. The standard InChI is InChI=1S/C17H21NO/c1-13-11-15(9-10-17(13)19-3)12-18-14(2)16-7-5-4-6-8-16/h4-11,14,18H,12H2,1-3H3/t14-/m0/s1. The van der Waals surface area contributed by atoms with Crippen LogP contribution in [0.4, 0.5) is 0 Å². The third-order valence-corrected chi connectivity index (χ3v) is 3.37. The van der Waals surface area contributed by atoms with Crippen molar-refractivity contribution in [1.82, 2.24) is 5.32 Å². The maximum absolute atomic E-state index is 5.27. The maximum Gasteiger partial charge on any atom is 0.121 e. The van der Waals surface area contributed by atoms with E-state index in [0.29, 0.717) is 6.04 Å². The number of benzene rings is 2. The molecule has 100 valence electrons. The highest BCUT2D eigenvalue weighted by Gasteiger charge is 2.05. The van der Waals surface area contributed by atoms with Gasteiger partial charge in [-0.3, -0.25) is 0 Å². The number of rotatable bonds is 5. The van der Waals surface area contributed by atoms with E-state index in [-0.39, 0.29) is 0 Å². The van der Waals surface area contributed by atoms with Crippen molar-refractivity contribution in [2.24, 2.45) is 0 Å². The molecule has 0 radical (unpaired) electrons. The van der Waals surface area contributed by atoms with Gasteiger partial charge < -0.3 is 10.1 Å². The van der Waals surface area contributed by atoms with Crippen LogP contribution in [-0.2, 0) is 6.54 Å². The largest absolute Gasteiger partial charge is 0.496 e. The fourth-order valence-electron chi connectivity index (χ4n) is 2.18. The molecule has 0 saturated heterocycles. The Morgan fingerprint density at radius 1 is 1.11 bits per heavy atom. The monoisotopic (exact) mass is 255 g/mol. The van der Waals surface area contributed by atoms with E-state index in [9.17, 15) is 0 Å². The lowest BCUT2D eigenvalue weighted by Gasteiger charge is -2.15. The second-order valence-corrected chi connectivity index (χ2v) is 4.82. The van der Waals surface area contributed by atoms with Gasteiger partial charge in [-0.15, -0.1) is 0 Å². The molecule has 0 bridgehead atoms. The molecular formula is C17H21NO. The first-order chi connectivity index (χ1) is 9.20. The van der Waals surface area contributed by atoms with Gasteiger partial charge in [0.15, 0.2) is 0 Å². The molecule has 2 aromatic carbocycles. The summed E-state index contributed by atoms with van der Waals surface area (Å²) in [5, 5.41) is 3.54. The van der Waals surface area contributed by atoms with Gasteiger partial charge in [-0.05, 0) is 36.6 Å². The molecule has 0 fully saturated rings. The van der Waals surface area contributed by atoms with Crippen molar-refractivity contribution in [3.63, 3.8) is 0 Å². The van der Waals surface area contributed by atoms with Crippen LogP contribution in [0.1, 0.15) is 29.7 Å². The van der Waals surface area contributed by atoms with Gasteiger partial charge in [0, 0.05) is 12.6 Å². The minimum Gasteiger partial charge on any atom is -0.496 e. The zero-order valence-corrected chi connectivity index (χ0v) is 11.8. The molecule has 0 aliphatic rings. The molecular weight excluding hydrogens is 234 g/mol. The lowest BCUT2D eigenvalue weighted by atomic mass is 10.1. The summed E-state index contributed by atoms with van der Waals surface area (Å²) in [5.74, 6) is 0.944. The maximum atomic E-state index is 5.27. The van der Waals surface area contributed by atoms with Crippen LogP contribution in [0.2, 0.25) is 0 Å². The highest BCUT2D eigenvalue weighted by molar-refractivity contribution is 5.36. The highest BCUT2D eigenvalue weighted by Crippen LogP contribution is 2.19. The van der Waals surface area contributed by atoms with Gasteiger partial charge in [0.2, 0.25) is 0 Å². The van der Waals surface area contributed by atoms with E-state index in [4.69, 9.17) is 4.74 Å². The first kappa shape index (κ1) is 13.6. The average molecular weight is 255 g/mol. The van der Waals surface area contributed by atoms with Crippen molar-refractivity contribution >= 4 is 0 Å². The summed E-state index contributed by atoms with van der Waals surface area (Å²) >= 11 is 0. The first-order valence-corrected chi connectivity index (χ1v) is 6.62. The Labute approximate surface area is 115 Å². The molecule has 0 aliphatic carbocycles. The van der Waals surface area contributed by atoms with Gasteiger partial charge in [0.25, 0.3) is 0 Å². The summed E-state index contributed by atoms with van der Waals surface area (Å²) in [6.45, 7) is 5.12. The minimum absolute atomic E-state index is 0.351. The summed E-state index contributed by atoms with van der Waals surface area (Å²) < 4.78 is 5.27. The van der Waals surface area contributed by atoms with Crippen molar-refractivity contribution in [2.75, 3.05) is 7.11 Å². The van der Waals surface area contributed by atoms with E-state index >= 15 is 0 Å². The Kier molecular flexibility index (Phi) is 4.58. The summed E-state index contributed by atoms with van der Waals surface area (Å²) in [6.07, 6.45) is 0. The number of aryl methyl sites for hydroxylation is 1. The number of hydrogen-bond donors (Lipinski definition) is 1. The van der Waals surface area contributed by atoms with Crippen LogP contribution in [0, 0.1) is 6.92 Å². The van der Waals surface area contributed by atoms with Crippen LogP contribution in [-0.4, -0.2) is 7.11 Å². The van der Waals surface area contributed by atoms with Crippen LogP contribution < -0.4 is 10.1 Å². The molecule has 0 aromatic heterocycles.